The van der Waals surface area contributed by atoms with Gasteiger partial charge >= 0.3 is 0 Å². The number of nitrogens with one attached hydrogen (secondary N) is 1. The summed E-state index contributed by atoms with van der Waals surface area (Å²) in [6, 6.07) is 2.38. The van der Waals surface area contributed by atoms with E-state index in [9.17, 15) is 8.42 Å². The summed E-state index contributed by atoms with van der Waals surface area (Å²) in [6.45, 7) is 6.76. The Morgan fingerprint density at radius 2 is 2.06 bits per heavy atom. The van der Waals surface area contributed by atoms with Crippen LogP contribution >= 0.6 is 11.3 Å². The maximum atomic E-state index is 11.0. The molecule has 0 aromatic carbocycles. The molecule has 1 unspecified atom stereocenters. The van der Waals surface area contributed by atoms with Gasteiger partial charge in [-0.15, -0.1) is 11.3 Å². The fourth-order valence-electron chi connectivity index (χ4n) is 1.65. The molecule has 1 atom stereocenters. The molecule has 0 amide bonds. The van der Waals surface area contributed by atoms with Gasteiger partial charge in [-0.25, -0.2) is 8.42 Å². The van der Waals surface area contributed by atoms with Crippen LogP contribution in [0, 0.1) is 13.8 Å². The van der Waals surface area contributed by atoms with E-state index in [4.69, 9.17) is 0 Å². The fourth-order valence-corrected chi connectivity index (χ4v) is 3.16. The van der Waals surface area contributed by atoms with E-state index in [0.717, 1.165) is 0 Å². The molecular formula is C11H19NO2S2. The minimum absolute atomic E-state index is 0.194. The smallest absolute Gasteiger partial charge is 0.148 e. The highest BCUT2D eigenvalue weighted by atomic mass is 32.2. The van der Waals surface area contributed by atoms with Crippen LogP contribution in [-0.2, 0) is 9.84 Å². The third-order valence-corrected chi connectivity index (χ3v) is 4.40. The average molecular weight is 261 g/mol. The Balaban J connectivity index is 2.53. The van der Waals surface area contributed by atoms with Gasteiger partial charge in [0.1, 0.15) is 9.84 Å². The predicted octanol–water partition coefficient (Wildman–Crippen LogP) is 2.06. The molecular weight excluding hydrogens is 242 g/mol. The second kappa shape index (κ2) is 5.29. The molecule has 0 radical (unpaired) electrons. The molecule has 1 aromatic rings. The van der Waals surface area contributed by atoms with Crippen molar-refractivity contribution in [3.05, 3.63) is 21.4 Å². The van der Waals surface area contributed by atoms with Crippen LogP contribution in [0.15, 0.2) is 6.07 Å². The molecule has 1 N–H and O–H groups in total. The number of hydrogen-bond acceptors (Lipinski definition) is 4. The van der Waals surface area contributed by atoms with Crippen LogP contribution in [0.3, 0.4) is 0 Å². The third kappa shape index (κ3) is 4.23. The van der Waals surface area contributed by atoms with Crippen LogP contribution in [0.5, 0.6) is 0 Å². The van der Waals surface area contributed by atoms with Gasteiger partial charge in [0.15, 0.2) is 0 Å². The second-order valence-corrected chi connectivity index (χ2v) is 7.89. The van der Waals surface area contributed by atoms with Crippen molar-refractivity contribution in [1.82, 2.24) is 5.32 Å². The molecule has 16 heavy (non-hydrogen) atoms. The van der Waals surface area contributed by atoms with Crippen molar-refractivity contribution in [1.29, 1.82) is 0 Å². The fraction of sp³-hybridized carbons (Fsp3) is 0.636. The van der Waals surface area contributed by atoms with E-state index < -0.39 is 9.84 Å². The highest BCUT2D eigenvalue weighted by molar-refractivity contribution is 7.90. The Kier molecular flexibility index (Phi) is 4.52. The zero-order valence-corrected chi connectivity index (χ0v) is 11.8. The van der Waals surface area contributed by atoms with E-state index in [1.807, 2.05) is 0 Å². The van der Waals surface area contributed by atoms with Crippen LogP contribution < -0.4 is 5.32 Å². The molecule has 3 nitrogen and oxygen atoms in total. The van der Waals surface area contributed by atoms with Crippen LogP contribution in [0.25, 0.3) is 0 Å². The van der Waals surface area contributed by atoms with Crippen molar-refractivity contribution >= 4 is 21.2 Å². The standard InChI is InChI=1S/C11H19NO2S2/c1-8-7-11(10(3)15-8)9(2)12-5-6-16(4,13)14/h7,9,12H,5-6H2,1-4H3. The van der Waals surface area contributed by atoms with Gasteiger partial charge in [0.05, 0.1) is 5.75 Å². The van der Waals surface area contributed by atoms with Gasteiger partial charge in [0, 0.05) is 28.6 Å². The Labute approximate surface area is 102 Å². The van der Waals surface area contributed by atoms with Crippen molar-refractivity contribution < 1.29 is 8.42 Å². The Bertz CT molecular complexity index is 449. The highest BCUT2D eigenvalue weighted by Crippen LogP contribution is 2.25. The molecule has 1 rings (SSSR count). The summed E-state index contributed by atoms with van der Waals surface area (Å²) >= 11 is 1.78. The lowest BCUT2D eigenvalue weighted by molar-refractivity contribution is 0.575. The molecule has 0 bridgehead atoms. The first-order chi connectivity index (χ1) is 7.29. The number of sulfone groups is 1. The lowest BCUT2D eigenvalue weighted by Crippen LogP contribution is -2.25. The molecule has 0 aliphatic rings. The van der Waals surface area contributed by atoms with Crippen molar-refractivity contribution in [2.45, 2.75) is 26.8 Å². The zero-order chi connectivity index (χ0) is 12.3. The van der Waals surface area contributed by atoms with Crippen LogP contribution in [0.4, 0.5) is 0 Å². The first-order valence-corrected chi connectivity index (χ1v) is 8.15. The summed E-state index contributed by atoms with van der Waals surface area (Å²) in [4.78, 5) is 2.60. The van der Waals surface area contributed by atoms with Crippen LogP contribution in [0.2, 0.25) is 0 Å². The summed E-state index contributed by atoms with van der Waals surface area (Å²) in [6.07, 6.45) is 1.26. The van der Waals surface area contributed by atoms with E-state index in [1.165, 1.54) is 21.6 Å². The van der Waals surface area contributed by atoms with Crippen molar-refractivity contribution in [3.8, 4) is 0 Å². The van der Waals surface area contributed by atoms with E-state index in [-0.39, 0.29) is 11.8 Å². The Morgan fingerprint density at radius 3 is 2.50 bits per heavy atom. The lowest BCUT2D eigenvalue weighted by atomic mass is 10.1. The first-order valence-electron chi connectivity index (χ1n) is 5.27. The second-order valence-electron chi connectivity index (χ2n) is 4.17. The number of hydrogen-bond donors (Lipinski definition) is 1. The maximum absolute atomic E-state index is 11.0. The molecule has 0 aliphatic carbocycles. The lowest BCUT2D eigenvalue weighted by Gasteiger charge is -2.13. The quantitative estimate of drug-likeness (QED) is 0.882. The third-order valence-electron chi connectivity index (χ3n) is 2.47. The van der Waals surface area contributed by atoms with Gasteiger partial charge in [-0.3, -0.25) is 0 Å². The molecule has 1 aromatic heterocycles. The molecule has 0 fully saturated rings. The Morgan fingerprint density at radius 1 is 1.44 bits per heavy atom. The van der Waals surface area contributed by atoms with E-state index in [1.54, 1.807) is 11.3 Å². The van der Waals surface area contributed by atoms with E-state index >= 15 is 0 Å². The zero-order valence-electron chi connectivity index (χ0n) is 10.2. The first kappa shape index (κ1) is 13.7. The molecule has 5 heteroatoms. The summed E-state index contributed by atoms with van der Waals surface area (Å²) in [5.74, 6) is 0.194. The summed E-state index contributed by atoms with van der Waals surface area (Å²) in [5, 5.41) is 3.24. The van der Waals surface area contributed by atoms with Gasteiger partial charge in [0.25, 0.3) is 0 Å². The van der Waals surface area contributed by atoms with E-state index in [2.05, 4.69) is 32.2 Å². The topological polar surface area (TPSA) is 46.2 Å². The molecule has 0 spiro atoms. The minimum atomic E-state index is -2.87. The van der Waals surface area contributed by atoms with Gasteiger partial charge < -0.3 is 5.32 Å². The number of aryl methyl sites for hydroxylation is 2. The average Bonchev–Trinajstić information content (AvgIpc) is 2.43. The van der Waals surface area contributed by atoms with Gasteiger partial charge in [-0.2, -0.15) is 0 Å². The SMILES string of the molecule is Cc1cc(C(C)NCCS(C)(=O)=O)c(C)s1. The maximum Gasteiger partial charge on any atom is 0.148 e. The van der Waals surface area contributed by atoms with Gasteiger partial charge in [-0.05, 0) is 32.4 Å². The molecule has 0 saturated heterocycles. The number of rotatable bonds is 5. The monoisotopic (exact) mass is 261 g/mol. The molecule has 92 valence electrons. The molecule has 0 saturated carbocycles. The summed E-state index contributed by atoms with van der Waals surface area (Å²) < 4.78 is 22.0. The number of thiophene rings is 1. The minimum Gasteiger partial charge on any atom is -0.309 e. The normalized spacial score (nSPS) is 14.0. The van der Waals surface area contributed by atoms with Crippen LogP contribution in [-0.4, -0.2) is 27.0 Å². The summed E-state index contributed by atoms with van der Waals surface area (Å²) in [5.41, 5.74) is 1.27. The van der Waals surface area contributed by atoms with Crippen molar-refractivity contribution in [2.75, 3.05) is 18.6 Å². The van der Waals surface area contributed by atoms with E-state index in [0.29, 0.717) is 6.54 Å². The Hall–Kier alpha value is -0.390. The largest absolute Gasteiger partial charge is 0.309 e. The molecule has 0 aliphatic heterocycles. The van der Waals surface area contributed by atoms with Crippen LogP contribution in [0.1, 0.15) is 28.3 Å². The van der Waals surface area contributed by atoms with Gasteiger partial charge in [-0.1, -0.05) is 0 Å². The van der Waals surface area contributed by atoms with Gasteiger partial charge in [0.2, 0.25) is 0 Å². The molecule has 1 heterocycles. The summed E-state index contributed by atoms with van der Waals surface area (Å²) in [7, 11) is -2.87. The van der Waals surface area contributed by atoms with Crippen molar-refractivity contribution in [3.63, 3.8) is 0 Å². The van der Waals surface area contributed by atoms with Crippen molar-refractivity contribution in [2.24, 2.45) is 0 Å². The predicted molar refractivity (Wildman–Crippen MR) is 69.9 cm³/mol. The highest BCUT2D eigenvalue weighted by Gasteiger charge is 2.11.